The van der Waals surface area contributed by atoms with E-state index in [1.165, 1.54) is 0 Å². The zero-order valence-electron chi connectivity index (χ0n) is 14.3. The molecule has 0 radical (unpaired) electrons. The Labute approximate surface area is 155 Å². The highest BCUT2D eigenvalue weighted by atomic mass is 19.4. The first-order valence-corrected chi connectivity index (χ1v) is 8.38. The Balaban J connectivity index is 1.90. The summed E-state index contributed by atoms with van der Waals surface area (Å²) >= 11 is 0. The summed E-state index contributed by atoms with van der Waals surface area (Å²) in [4.78, 5) is 12.4. The van der Waals surface area contributed by atoms with Crippen LogP contribution in [0.25, 0.3) is 11.1 Å². The third-order valence-corrected chi connectivity index (χ3v) is 4.10. The minimum Gasteiger partial charge on any atom is -0.455 e. The van der Waals surface area contributed by atoms with Gasteiger partial charge in [-0.05, 0) is 22.3 Å². The van der Waals surface area contributed by atoms with E-state index < -0.39 is 24.7 Å². The number of benzene rings is 3. The molecule has 3 aromatic rings. The van der Waals surface area contributed by atoms with Crippen molar-refractivity contribution in [3.05, 3.63) is 96.1 Å². The van der Waals surface area contributed by atoms with Crippen molar-refractivity contribution in [3.8, 4) is 11.1 Å². The van der Waals surface area contributed by atoms with Gasteiger partial charge in [0.05, 0.1) is 0 Å². The van der Waals surface area contributed by atoms with Gasteiger partial charge in [-0.15, -0.1) is 0 Å². The van der Waals surface area contributed by atoms with E-state index in [0.29, 0.717) is 11.1 Å². The molecule has 3 rings (SSSR count). The molecule has 0 aliphatic rings. The van der Waals surface area contributed by atoms with Gasteiger partial charge < -0.3 is 4.74 Å². The van der Waals surface area contributed by atoms with Gasteiger partial charge in [0.15, 0.2) is 6.61 Å². The first kappa shape index (κ1) is 18.7. The molecule has 0 saturated carbocycles. The molecule has 2 nitrogen and oxygen atoms in total. The highest BCUT2D eigenvalue weighted by Gasteiger charge is 2.32. The van der Waals surface area contributed by atoms with E-state index in [2.05, 4.69) is 4.74 Å². The van der Waals surface area contributed by atoms with E-state index in [1.807, 2.05) is 42.5 Å². The van der Waals surface area contributed by atoms with Gasteiger partial charge in [-0.1, -0.05) is 84.9 Å². The fraction of sp³-hybridized carbons (Fsp3) is 0.136. The fourth-order valence-electron chi connectivity index (χ4n) is 2.85. The van der Waals surface area contributed by atoms with Crippen molar-refractivity contribution < 1.29 is 22.7 Å². The summed E-state index contributed by atoms with van der Waals surface area (Å²) in [6, 6.07) is 25.5. The lowest BCUT2D eigenvalue weighted by Gasteiger charge is -2.18. The molecule has 0 aliphatic heterocycles. The number of hydrogen-bond donors (Lipinski definition) is 0. The average Bonchev–Trinajstić information content (AvgIpc) is 2.68. The van der Waals surface area contributed by atoms with Crippen LogP contribution in [0.4, 0.5) is 13.2 Å². The van der Waals surface area contributed by atoms with Crippen LogP contribution < -0.4 is 0 Å². The van der Waals surface area contributed by atoms with Gasteiger partial charge in [-0.3, -0.25) is 4.79 Å². The molecule has 5 heteroatoms. The summed E-state index contributed by atoms with van der Waals surface area (Å²) in [5, 5.41) is 0. The predicted octanol–water partition coefficient (Wildman–Crippen LogP) is 5.59. The Morgan fingerprint density at radius 1 is 0.741 bits per heavy atom. The molecule has 0 bridgehead atoms. The van der Waals surface area contributed by atoms with Crippen LogP contribution in [0, 0.1) is 0 Å². The minimum atomic E-state index is -4.56. The highest BCUT2D eigenvalue weighted by Crippen LogP contribution is 2.29. The van der Waals surface area contributed by atoms with E-state index in [0.717, 1.165) is 11.1 Å². The number of alkyl halides is 3. The molecule has 0 fully saturated rings. The van der Waals surface area contributed by atoms with Crippen LogP contribution in [0.1, 0.15) is 17.0 Å². The normalized spacial score (nSPS) is 12.4. The Hall–Kier alpha value is -3.08. The highest BCUT2D eigenvalue weighted by molar-refractivity contribution is 5.82. The van der Waals surface area contributed by atoms with Crippen LogP contribution in [0.3, 0.4) is 0 Å². The Bertz CT molecular complexity index is 873. The summed E-state index contributed by atoms with van der Waals surface area (Å²) in [5.41, 5.74) is 3.12. The molecular formula is C22H17F3O2. The smallest absolute Gasteiger partial charge is 0.422 e. The number of rotatable bonds is 5. The van der Waals surface area contributed by atoms with Crippen molar-refractivity contribution in [2.24, 2.45) is 0 Å². The molecule has 1 unspecified atom stereocenters. The number of ether oxygens (including phenoxy) is 1. The maximum absolute atomic E-state index is 12.4. The molecule has 1 atom stereocenters. The maximum atomic E-state index is 12.4. The lowest BCUT2D eigenvalue weighted by Crippen LogP contribution is -2.24. The van der Waals surface area contributed by atoms with Gasteiger partial charge in [0, 0.05) is 0 Å². The van der Waals surface area contributed by atoms with Crippen molar-refractivity contribution in [2.45, 2.75) is 12.1 Å². The molecule has 0 N–H and O–H groups in total. The van der Waals surface area contributed by atoms with Crippen LogP contribution in [0.2, 0.25) is 0 Å². The summed E-state index contributed by atoms with van der Waals surface area (Å²) in [7, 11) is 0. The van der Waals surface area contributed by atoms with Crippen LogP contribution in [-0.4, -0.2) is 18.8 Å². The molecular weight excluding hydrogens is 353 g/mol. The fourth-order valence-corrected chi connectivity index (χ4v) is 2.85. The molecule has 0 saturated heterocycles. The van der Waals surface area contributed by atoms with E-state index in [-0.39, 0.29) is 0 Å². The van der Waals surface area contributed by atoms with E-state index in [9.17, 15) is 18.0 Å². The number of carbonyl (C=O) groups is 1. The zero-order chi connectivity index (χ0) is 19.3. The molecule has 138 valence electrons. The van der Waals surface area contributed by atoms with Gasteiger partial charge in [0.1, 0.15) is 5.92 Å². The van der Waals surface area contributed by atoms with Gasteiger partial charge in [-0.2, -0.15) is 13.2 Å². The van der Waals surface area contributed by atoms with Gasteiger partial charge >= 0.3 is 12.1 Å². The van der Waals surface area contributed by atoms with Gasteiger partial charge in [0.2, 0.25) is 0 Å². The average molecular weight is 370 g/mol. The predicted molar refractivity (Wildman–Crippen MR) is 97.2 cm³/mol. The van der Waals surface area contributed by atoms with Crippen molar-refractivity contribution in [1.82, 2.24) is 0 Å². The lowest BCUT2D eigenvalue weighted by atomic mass is 9.90. The van der Waals surface area contributed by atoms with E-state index in [1.54, 1.807) is 42.5 Å². The maximum Gasteiger partial charge on any atom is 0.422 e. The van der Waals surface area contributed by atoms with Gasteiger partial charge in [-0.25, -0.2) is 0 Å². The quantitative estimate of drug-likeness (QED) is 0.547. The minimum absolute atomic E-state index is 0.577. The lowest BCUT2D eigenvalue weighted by molar-refractivity contribution is -0.186. The summed E-state index contributed by atoms with van der Waals surface area (Å²) in [6.07, 6.45) is -4.56. The third kappa shape index (κ3) is 4.97. The summed E-state index contributed by atoms with van der Waals surface area (Å²) in [5.74, 6) is -1.84. The molecule has 0 spiro atoms. The number of hydrogen-bond acceptors (Lipinski definition) is 2. The zero-order valence-corrected chi connectivity index (χ0v) is 14.3. The van der Waals surface area contributed by atoms with E-state index in [4.69, 9.17) is 0 Å². The van der Waals surface area contributed by atoms with Crippen molar-refractivity contribution in [3.63, 3.8) is 0 Å². The molecule has 0 heterocycles. The molecule has 27 heavy (non-hydrogen) atoms. The van der Waals surface area contributed by atoms with Crippen LogP contribution in [0.15, 0.2) is 84.9 Å². The second-order valence-electron chi connectivity index (χ2n) is 6.05. The van der Waals surface area contributed by atoms with Crippen LogP contribution in [-0.2, 0) is 9.53 Å². The number of halogens is 3. The topological polar surface area (TPSA) is 26.3 Å². The van der Waals surface area contributed by atoms with Crippen LogP contribution >= 0.6 is 0 Å². The number of carbonyl (C=O) groups excluding carboxylic acids is 1. The second kappa shape index (κ2) is 8.08. The molecule has 0 aliphatic carbocycles. The summed E-state index contributed by atoms with van der Waals surface area (Å²) in [6.45, 7) is -1.60. The van der Waals surface area contributed by atoms with E-state index >= 15 is 0 Å². The largest absolute Gasteiger partial charge is 0.455 e. The third-order valence-electron chi connectivity index (χ3n) is 4.10. The standard InChI is InChI=1S/C22H17F3O2/c23-22(24,25)15-27-21(26)20(18-9-5-2-6-10-18)19-13-11-17(12-14-19)16-7-3-1-4-8-16/h1-14,20H,15H2. The van der Waals surface area contributed by atoms with Crippen molar-refractivity contribution in [1.29, 1.82) is 0 Å². The Morgan fingerprint density at radius 2 is 1.22 bits per heavy atom. The number of esters is 1. The molecule has 0 amide bonds. The van der Waals surface area contributed by atoms with Gasteiger partial charge in [0.25, 0.3) is 0 Å². The Morgan fingerprint density at radius 3 is 1.78 bits per heavy atom. The van der Waals surface area contributed by atoms with Crippen LogP contribution in [0.5, 0.6) is 0 Å². The van der Waals surface area contributed by atoms with Crippen molar-refractivity contribution >= 4 is 5.97 Å². The monoisotopic (exact) mass is 370 g/mol. The SMILES string of the molecule is O=C(OCC(F)(F)F)C(c1ccccc1)c1ccc(-c2ccccc2)cc1. The first-order valence-electron chi connectivity index (χ1n) is 8.38. The molecule has 0 aromatic heterocycles. The first-order chi connectivity index (χ1) is 12.9. The van der Waals surface area contributed by atoms with Crippen molar-refractivity contribution in [2.75, 3.05) is 6.61 Å². The second-order valence-corrected chi connectivity index (χ2v) is 6.05. The Kier molecular flexibility index (Phi) is 5.60. The molecule has 3 aromatic carbocycles. The summed E-state index contributed by atoms with van der Waals surface area (Å²) < 4.78 is 41.9.